The highest BCUT2D eigenvalue weighted by Gasteiger charge is 2.50. The van der Waals surface area contributed by atoms with E-state index in [0.29, 0.717) is 22.4 Å². The molecule has 4 aromatic carbocycles. The summed E-state index contributed by atoms with van der Waals surface area (Å²) in [4.78, 5) is 26.3. The summed E-state index contributed by atoms with van der Waals surface area (Å²) in [6, 6.07) is 26.7. The molecule has 6 nitrogen and oxygen atoms in total. The number of nitrogens with one attached hydrogen (secondary N) is 1. The standard InChI is InChI=1S/C27H19NO5/c29-20-13-9-17(10-14-20)27(18-11-15-21(30)16-12-18)23-8-4-7-22(24(23)26(32)33-27)25(31)28-19-5-2-1-3-6-19/h1-16,29-30H,(H,28,31). The van der Waals surface area contributed by atoms with E-state index in [1.165, 1.54) is 24.3 Å². The number of para-hydroxylation sites is 1. The zero-order chi connectivity index (χ0) is 23.0. The average Bonchev–Trinajstić information content (AvgIpc) is 3.14. The van der Waals surface area contributed by atoms with Gasteiger partial charge in [-0.2, -0.15) is 0 Å². The van der Waals surface area contributed by atoms with Crippen LogP contribution < -0.4 is 5.32 Å². The van der Waals surface area contributed by atoms with E-state index in [1.807, 2.05) is 6.07 Å². The second-order valence-electron chi connectivity index (χ2n) is 7.71. The Bertz CT molecular complexity index is 1300. The van der Waals surface area contributed by atoms with Crippen molar-refractivity contribution < 1.29 is 24.5 Å². The van der Waals surface area contributed by atoms with Crippen LogP contribution >= 0.6 is 0 Å². The molecule has 162 valence electrons. The molecule has 1 aliphatic rings. The van der Waals surface area contributed by atoms with Gasteiger partial charge in [-0.3, -0.25) is 4.79 Å². The van der Waals surface area contributed by atoms with Crippen LogP contribution in [0.15, 0.2) is 97.1 Å². The molecule has 33 heavy (non-hydrogen) atoms. The van der Waals surface area contributed by atoms with Gasteiger partial charge in [-0.05, 0) is 42.5 Å². The number of anilines is 1. The number of hydrogen-bond donors (Lipinski definition) is 3. The second-order valence-corrected chi connectivity index (χ2v) is 7.71. The largest absolute Gasteiger partial charge is 0.508 e. The van der Waals surface area contributed by atoms with Gasteiger partial charge in [0.25, 0.3) is 5.91 Å². The van der Waals surface area contributed by atoms with Gasteiger partial charge in [0.05, 0.1) is 11.1 Å². The number of hydrogen-bond acceptors (Lipinski definition) is 5. The number of fused-ring (bicyclic) bond motifs is 1. The van der Waals surface area contributed by atoms with E-state index in [0.717, 1.165) is 0 Å². The lowest BCUT2D eigenvalue weighted by molar-refractivity contribution is 0.0250. The van der Waals surface area contributed by atoms with E-state index in [1.54, 1.807) is 66.7 Å². The zero-order valence-electron chi connectivity index (χ0n) is 17.4. The van der Waals surface area contributed by atoms with Crippen LogP contribution in [-0.2, 0) is 10.3 Å². The monoisotopic (exact) mass is 437 g/mol. The van der Waals surface area contributed by atoms with Crippen LogP contribution in [0.3, 0.4) is 0 Å². The molecule has 1 heterocycles. The third-order valence-corrected chi connectivity index (χ3v) is 5.72. The molecule has 5 rings (SSSR count). The Kier molecular flexibility index (Phi) is 4.83. The van der Waals surface area contributed by atoms with Crippen molar-refractivity contribution in [2.45, 2.75) is 5.60 Å². The Morgan fingerprint density at radius 1 is 0.727 bits per heavy atom. The van der Waals surface area contributed by atoms with Crippen LogP contribution in [-0.4, -0.2) is 22.1 Å². The number of cyclic esters (lactones) is 1. The highest BCUT2D eigenvalue weighted by molar-refractivity contribution is 6.13. The van der Waals surface area contributed by atoms with Gasteiger partial charge in [-0.1, -0.05) is 54.6 Å². The Morgan fingerprint density at radius 2 is 1.30 bits per heavy atom. The molecule has 3 N–H and O–H groups in total. The lowest BCUT2D eigenvalue weighted by Crippen LogP contribution is -2.29. The molecule has 0 aromatic heterocycles. The maximum atomic E-state index is 13.2. The normalized spacial score (nSPS) is 13.8. The van der Waals surface area contributed by atoms with Crippen molar-refractivity contribution >= 4 is 17.6 Å². The first-order chi connectivity index (χ1) is 16.0. The van der Waals surface area contributed by atoms with Crippen LogP contribution in [0.5, 0.6) is 11.5 Å². The molecule has 1 aliphatic heterocycles. The first kappa shape index (κ1) is 20.3. The van der Waals surface area contributed by atoms with Gasteiger partial charge in [0, 0.05) is 22.4 Å². The minimum absolute atomic E-state index is 0.0696. The van der Waals surface area contributed by atoms with Gasteiger partial charge in [-0.25, -0.2) is 4.79 Å². The van der Waals surface area contributed by atoms with Crippen LogP contribution in [0.25, 0.3) is 0 Å². The maximum Gasteiger partial charge on any atom is 0.340 e. The van der Waals surface area contributed by atoms with Gasteiger partial charge in [-0.15, -0.1) is 0 Å². The lowest BCUT2D eigenvalue weighted by Gasteiger charge is -2.30. The molecular formula is C27H19NO5. The molecule has 0 saturated carbocycles. The van der Waals surface area contributed by atoms with E-state index in [2.05, 4.69) is 5.32 Å². The van der Waals surface area contributed by atoms with Gasteiger partial charge in [0.15, 0.2) is 5.60 Å². The molecule has 0 saturated heterocycles. The predicted octanol–water partition coefficient (Wildman–Crippen LogP) is 4.81. The maximum absolute atomic E-state index is 13.2. The molecule has 0 bridgehead atoms. The van der Waals surface area contributed by atoms with Crippen LogP contribution in [0.1, 0.15) is 37.4 Å². The van der Waals surface area contributed by atoms with Crippen LogP contribution in [0.2, 0.25) is 0 Å². The summed E-state index contributed by atoms with van der Waals surface area (Å²) in [6.07, 6.45) is 0. The van der Waals surface area contributed by atoms with Crippen molar-refractivity contribution in [3.63, 3.8) is 0 Å². The van der Waals surface area contributed by atoms with Crippen LogP contribution in [0.4, 0.5) is 5.69 Å². The molecule has 0 atom stereocenters. The van der Waals surface area contributed by atoms with E-state index < -0.39 is 17.5 Å². The fraction of sp³-hybridized carbons (Fsp3) is 0.0370. The topological polar surface area (TPSA) is 95.9 Å². The number of amides is 1. The Morgan fingerprint density at radius 3 is 1.88 bits per heavy atom. The summed E-state index contributed by atoms with van der Waals surface area (Å²) in [5, 5.41) is 22.4. The SMILES string of the molecule is O=C(Nc1ccccc1)c1cccc2c1C(=O)OC2(c1ccc(O)cc1)c1ccc(O)cc1. The number of phenols is 2. The Hall–Kier alpha value is -4.58. The molecular weight excluding hydrogens is 418 g/mol. The summed E-state index contributed by atoms with van der Waals surface area (Å²) in [5.41, 5.74) is 1.32. The number of phenolic OH excluding ortho intramolecular Hbond substituents is 2. The van der Waals surface area contributed by atoms with Crippen molar-refractivity contribution in [3.8, 4) is 11.5 Å². The minimum Gasteiger partial charge on any atom is -0.508 e. The number of carbonyl (C=O) groups is 2. The smallest absolute Gasteiger partial charge is 0.340 e. The molecule has 0 unspecified atom stereocenters. The van der Waals surface area contributed by atoms with E-state index in [9.17, 15) is 19.8 Å². The highest BCUT2D eigenvalue weighted by atomic mass is 16.6. The molecule has 4 aromatic rings. The Balaban J connectivity index is 1.70. The lowest BCUT2D eigenvalue weighted by atomic mass is 9.79. The van der Waals surface area contributed by atoms with Gasteiger partial charge in [0.1, 0.15) is 11.5 Å². The zero-order valence-corrected chi connectivity index (χ0v) is 17.4. The third kappa shape index (κ3) is 3.38. The summed E-state index contributed by atoms with van der Waals surface area (Å²) in [5.74, 6) is -0.924. The van der Waals surface area contributed by atoms with Gasteiger partial charge < -0.3 is 20.3 Å². The summed E-state index contributed by atoms with van der Waals surface area (Å²) < 4.78 is 6.03. The quantitative estimate of drug-likeness (QED) is 0.398. The minimum atomic E-state index is -1.35. The van der Waals surface area contributed by atoms with E-state index in [-0.39, 0.29) is 22.6 Å². The number of aromatic hydroxyl groups is 2. The van der Waals surface area contributed by atoms with E-state index >= 15 is 0 Å². The molecule has 0 aliphatic carbocycles. The summed E-state index contributed by atoms with van der Waals surface area (Å²) >= 11 is 0. The molecule has 0 spiro atoms. The first-order valence-electron chi connectivity index (χ1n) is 10.3. The van der Waals surface area contributed by atoms with Crippen molar-refractivity contribution in [3.05, 3.63) is 125 Å². The molecule has 1 amide bonds. The van der Waals surface area contributed by atoms with Gasteiger partial charge in [0.2, 0.25) is 0 Å². The number of esters is 1. The van der Waals surface area contributed by atoms with Crippen LogP contribution in [0, 0.1) is 0 Å². The van der Waals surface area contributed by atoms with Crippen molar-refractivity contribution in [1.29, 1.82) is 0 Å². The van der Waals surface area contributed by atoms with Crippen molar-refractivity contribution in [2.75, 3.05) is 5.32 Å². The van der Waals surface area contributed by atoms with E-state index in [4.69, 9.17) is 4.74 Å². The summed E-state index contributed by atoms with van der Waals surface area (Å²) in [7, 11) is 0. The number of carbonyl (C=O) groups excluding carboxylic acids is 2. The third-order valence-electron chi connectivity index (χ3n) is 5.72. The predicted molar refractivity (Wildman–Crippen MR) is 122 cm³/mol. The first-order valence-corrected chi connectivity index (χ1v) is 10.3. The molecule has 0 fully saturated rings. The average molecular weight is 437 g/mol. The Labute approximate surface area is 189 Å². The second kappa shape index (κ2) is 7.84. The molecule has 6 heteroatoms. The summed E-state index contributed by atoms with van der Waals surface area (Å²) in [6.45, 7) is 0. The van der Waals surface area contributed by atoms with Crippen molar-refractivity contribution in [1.82, 2.24) is 0 Å². The number of ether oxygens (including phenoxy) is 1. The number of rotatable bonds is 4. The van der Waals surface area contributed by atoms with Gasteiger partial charge >= 0.3 is 5.97 Å². The van der Waals surface area contributed by atoms with Crippen molar-refractivity contribution in [2.24, 2.45) is 0 Å². The fourth-order valence-electron chi connectivity index (χ4n) is 4.21. The number of benzene rings is 4. The highest BCUT2D eigenvalue weighted by Crippen LogP contribution is 2.48. The fourth-order valence-corrected chi connectivity index (χ4v) is 4.21. The molecule has 0 radical (unpaired) electrons.